The van der Waals surface area contributed by atoms with Crippen molar-refractivity contribution in [2.24, 2.45) is 0 Å². The molecule has 3 nitrogen and oxygen atoms in total. The number of nitrogens with zero attached hydrogens (tertiary/aromatic N) is 2. The van der Waals surface area contributed by atoms with Crippen molar-refractivity contribution in [3.05, 3.63) is 0 Å². The Labute approximate surface area is 94.8 Å². The van der Waals surface area contributed by atoms with Gasteiger partial charge < -0.3 is 10.2 Å². The summed E-state index contributed by atoms with van der Waals surface area (Å²) < 4.78 is 0. The molecule has 0 bridgehead atoms. The van der Waals surface area contributed by atoms with Crippen LogP contribution in [0.25, 0.3) is 0 Å². The maximum Gasteiger partial charge on any atom is 0.0322 e. The Morgan fingerprint density at radius 1 is 1.40 bits per heavy atom. The molecule has 3 heteroatoms. The molecule has 0 aromatic rings. The second-order valence-electron chi connectivity index (χ2n) is 5.05. The van der Waals surface area contributed by atoms with Crippen LogP contribution in [0.4, 0.5) is 0 Å². The summed E-state index contributed by atoms with van der Waals surface area (Å²) >= 11 is 0. The molecular weight excluding hydrogens is 186 g/mol. The molecule has 1 aliphatic rings. The Morgan fingerprint density at radius 2 is 2.13 bits per heavy atom. The highest BCUT2D eigenvalue weighted by atomic mass is 15.2. The molecule has 15 heavy (non-hydrogen) atoms. The van der Waals surface area contributed by atoms with Gasteiger partial charge in [-0.25, -0.2) is 0 Å². The van der Waals surface area contributed by atoms with Crippen LogP contribution in [-0.4, -0.2) is 62.2 Å². The third-order valence-corrected chi connectivity index (χ3v) is 3.17. The zero-order valence-electron chi connectivity index (χ0n) is 10.8. The van der Waals surface area contributed by atoms with Crippen LogP contribution in [0.2, 0.25) is 0 Å². The first-order chi connectivity index (χ1) is 7.13. The summed E-state index contributed by atoms with van der Waals surface area (Å²) in [4.78, 5) is 4.91. The van der Waals surface area contributed by atoms with Crippen LogP contribution in [0.15, 0.2) is 0 Å². The normalized spacial score (nSPS) is 29.4. The standard InChI is InChI=1S/C12H27N3/c1-5-8-15-10-12(9-14(3)4)13-7-6-11(15)2/h11-13H,5-10H2,1-4H3. The fourth-order valence-corrected chi connectivity index (χ4v) is 2.37. The van der Waals surface area contributed by atoms with E-state index in [4.69, 9.17) is 0 Å². The van der Waals surface area contributed by atoms with Gasteiger partial charge in [0.05, 0.1) is 0 Å². The number of likely N-dealkylation sites (N-methyl/N-ethyl adjacent to an activating group) is 1. The van der Waals surface area contributed by atoms with Gasteiger partial charge in [-0.1, -0.05) is 6.92 Å². The van der Waals surface area contributed by atoms with Gasteiger partial charge in [0.15, 0.2) is 0 Å². The lowest BCUT2D eigenvalue weighted by Gasteiger charge is -2.29. The summed E-state index contributed by atoms with van der Waals surface area (Å²) in [5, 5.41) is 3.65. The van der Waals surface area contributed by atoms with Gasteiger partial charge in [-0.3, -0.25) is 4.90 Å². The monoisotopic (exact) mass is 213 g/mol. The van der Waals surface area contributed by atoms with Crippen LogP contribution in [-0.2, 0) is 0 Å². The van der Waals surface area contributed by atoms with Crippen LogP contribution in [0.1, 0.15) is 26.7 Å². The van der Waals surface area contributed by atoms with E-state index in [1.165, 1.54) is 32.5 Å². The second kappa shape index (κ2) is 6.46. The van der Waals surface area contributed by atoms with Crippen molar-refractivity contribution in [2.45, 2.75) is 38.8 Å². The van der Waals surface area contributed by atoms with Gasteiger partial charge >= 0.3 is 0 Å². The zero-order valence-corrected chi connectivity index (χ0v) is 10.8. The number of hydrogen-bond acceptors (Lipinski definition) is 3. The fourth-order valence-electron chi connectivity index (χ4n) is 2.37. The first-order valence-electron chi connectivity index (χ1n) is 6.25. The number of nitrogens with one attached hydrogen (secondary N) is 1. The van der Waals surface area contributed by atoms with Crippen molar-refractivity contribution in [3.63, 3.8) is 0 Å². The minimum Gasteiger partial charge on any atom is -0.311 e. The smallest absolute Gasteiger partial charge is 0.0322 e. The predicted octanol–water partition coefficient (Wildman–Crippen LogP) is 1.01. The molecule has 0 spiro atoms. The molecule has 1 rings (SSSR count). The van der Waals surface area contributed by atoms with Gasteiger partial charge in [0, 0.05) is 25.2 Å². The lowest BCUT2D eigenvalue weighted by atomic mass is 10.2. The summed E-state index contributed by atoms with van der Waals surface area (Å²) in [5.41, 5.74) is 0. The fraction of sp³-hybridized carbons (Fsp3) is 1.00. The van der Waals surface area contributed by atoms with E-state index in [1.807, 2.05) is 0 Å². The summed E-state index contributed by atoms with van der Waals surface area (Å²) in [7, 11) is 4.31. The number of rotatable bonds is 4. The van der Waals surface area contributed by atoms with Crippen LogP contribution >= 0.6 is 0 Å². The van der Waals surface area contributed by atoms with Crippen LogP contribution in [0, 0.1) is 0 Å². The van der Waals surface area contributed by atoms with Crippen molar-refractivity contribution < 1.29 is 0 Å². The van der Waals surface area contributed by atoms with Crippen molar-refractivity contribution in [2.75, 3.05) is 40.3 Å². The molecule has 0 saturated carbocycles. The third-order valence-electron chi connectivity index (χ3n) is 3.17. The summed E-state index contributed by atoms with van der Waals surface area (Å²) in [6, 6.07) is 1.38. The molecule has 1 heterocycles. The van der Waals surface area contributed by atoms with Crippen molar-refractivity contribution in [3.8, 4) is 0 Å². The molecule has 0 aromatic heterocycles. The average Bonchev–Trinajstić information content (AvgIpc) is 2.29. The lowest BCUT2D eigenvalue weighted by molar-refractivity contribution is 0.193. The molecule has 1 fully saturated rings. The molecule has 0 aliphatic carbocycles. The van der Waals surface area contributed by atoms with Gasteiger partial charge in [0.2, 0.25) is 0 Å². The Morgan fingerprint density at radius 3 is 2.73 bits per heavy atom. The van der Waals surface area contributed by atoms with E-state index in [1.54, 1.807) is 0 Å². The molecular formula is C12H27N3. The Balaban J connectivity index is 2.47. The van der Waals surface area contributed by atoms with Crippen LogP contribution in [0.3, 0.4) is 0 Å². The zero-order chi connectivity index (χ0) is 11.3. The minimum absolute atomic E-state index is 0.636. The Bertz CT molecular complexity index is 170. The minimum atomic E-state index is 0.636. The third kappa shape index (κ3) is 4.49. The summed E-state index contributed by atoms with van der Waals surface area (Å²) in [6.07, 6.45) is 2.54. The maximum atomic E-state index is 3.65. The predicted molar refractivity (Wildman–Crippen MR) is 66.3 cm³/mol. The molecule has 0 amide bonds. The molecule has 1 N–H and O–H groups in total. The second-order valence-corrected chi connectivity index (χ2v) is 5.05. The van der Waals surface area contributed by atoms with E-state index in [9.17, 15) is 0 Å². The van der Waals surface area contributed by atoms with Gasteiger partial charge in [-0.15, -0.1) is 0 Å². The van der Waals surface area contributed by atoms with E-state index < -0.39 is 0 Å². The van der Waals surface area contributed by atoms with Gasteiger partial charge in [0.25, 0.3) is 0 Å². The molecule has 0 radical (unpaired) electrons. The number of hydrogen-bond donors (Lipinski definition) is 1. The van der Waals surface area contributed by atoms with E-state index >= 15 is 0 Å². The summed E-state index contributed by atoms with van der Waals surface area (Å²) in [6.45, 7) is 9.38. The highest BCUT2D eigenvalue weighted by Crippen LogP contribution is 2.09. The quantitative estimate of drug-likeness (QED) is 0.752. The van der Waals surface area contributed by atoms with Gasteiger partial charge in [0.1, 0.15) is 0 Å². The first-order valence-corrected chi connectivity index (χ1v) is 6.25. The van der Waals surface area contributed by atoms with E-state index in [0.29, 0.717) is 6.04 Å². The average molecular weight is 213 g/mol. The highest BCUT2D eigenvalue weighted by molar-refractivity contribution is 4.81. The van der Waals surface area contributed by atoms with Crippen LogP contribution in [0.5, 0.6) is 0 Å². The lowest BCUT2D eigenvalue weighted by Crippen LogP contribution is -2.45. The Hall–Kier alpha value is -0.120. The van der Waals surface area contributed by atoms with Crippen molar-refractivity contribution >= 4 is 0 Å². The Kier molecular flexibility index (Phi) is 5.58. The van der Waals surface area contributed by atoms with Crippen molar-refractivity contribution in [1.29, 1.82) is 0 Å². The molecule has 2 unspecified atom stereocenters. The first kappa shape index (κ1) is 12.9. The molecule has 90 valence electrons. The largest absolute Gasteiger partial charge is 0.311 e. The van der Waals surface area contributed by atoms with Crippen molar-refractivity contribution in [1.82, 2.24) is 15.1 Å². The molecule has 0 aromatic carbocycles. The van der Waals surface area contributed by atoms with E-state index in [-0.39, 0.29) is 0 Å². The van der Waals surface area contributed by atoms with Gasteiger partial charge in [-0.05, 0) is 47.0 Å². The maximum absolute atomic E-state index is 3.65. The highest BCUT2D eigenvalue weighted by Gasteiger charge is 2.22. The summed E-state index contributed by atoms with van der Waals surface area (Å²) in [5.74, 6) is 0. The SMILES string of the molecule is CCCN1CC(CN(C)C)NCCC1C. The molecule has 1 aliphatic heterocycles. The van der Waals surface area contributed by atoms with Crippen LogP contribution < -0.4 is 5.32 Å². The topological polar surface area (TPSA) is 18.5 Å². The van der Waals surface area contributed by atoms with Gasteiger partial charge in [-0.2, -0.15) is 0 Å². The van der Waals surface area contributed by atoms with E-state index in [0.717, 1.165) is 12.6 Å². The molecule has 2 atom stereocenters. The molecule has 1 saturated heterocycles. The van der Waals surface area contributed by atoms with E-state index in [2.05, 4.69) is 43.1 Å².